The van der Waals surface area contributed by atoms with Gasteiger partial charge >= 0.3 is 0 Å². The first-order valence-electron chi connectivity index (χ1n) is 6.88. The van der Waals surface area contributed by atoms with Crippen molar-refractivity contribution in [2.24, 2.45) is 0 Å². The van der Waals surface area contributed by atoms with E-state index >= 15 is 0 Å². The number of sulfonamides is 1. The molecule has 0 saturated heterocycles. The molecule has 0 unspecified atom stereocenters. The number of aliphatic hydroxyl groups is 1. The van der Waals surface area contributed by atoms with Gasteiger partial charge in [-0.1, -0.05) is 36.4 Å². The van der Waals surface area contributed by atoms with E-state index < -0.39 is 10.0 Å². The van der Waals surface area contributed by atoms with Crippen LogP contribution in [0.4, 0.5) is 0 Å². The van der Waals surface area contributed by atoms with Crippen LogP contribution < -0.4 is 0 Å². The number of benzene rings is 2. The molecule has 0 amide bonds. The average Bonchev–Trinajstić information content (AvgIpc) is 2.54. The summed E-state index contributed by atoms with van der Waals surface area (Å²) in [7, 11) is -3.48. The summed E-state index contributed by atoms with van der Waals surface area (Å²) in [5.41, 5.74) is 3.00. The van der Waals surface area contributed by atoms with Crippen LogP contribution in [0.5, 0.6) is 0 Å². The number of hydrogen-bond donors (Lipinski definition) is 1. The highest BCUT2D eigenvalue weighted by Gasteiger charge is 2.27. The van der Waals surface area contributed by atoms with Crippen LogP contribution in [-0.4, -0.2) is 24.4 Å². The average molecular weight is 303 g/mol. The number of aliphatic hydroxyl groups excluding tert-OH is 1. The lowest BCUT2D eigenvalue weighted by Gasteiger charge is -2.28. The summed E-state index contributed by atoms with van der Waals surface area (Å²) in [5.74, 6) is 0. The Morgan fingerprint density at radius 1 is 1.00 bits per heavy atom. The second kappa shape index (κ2) is 5.60. The third-order valence-corrected chi connectivity index (χ3v) is 5.70. The fourth-order valence-electron chi connectivity index (χ4n) is 2.59. The van der Waals surface area contributed by atoms with E-state index in [1.165, 1.54) is 9.87 Å². The Morgan fingerprint density at radius 2 is 1.67 bits per heavy atom. The molecule has 0 fully saturated rings. The first-order chi connectivity index (χ1) is 10.1. The molecular formula is C16H17NO3S. The summed E-state index contributed by atoms with van der Waals surface area (Å²) >= 11 is 0. The molecule has 21 heavy (non-hydrogen) atoms. The van der Waals surface area contributed by atoms with Crippen LogP contribution in [0.2, 0.25) is 0 Å². The van der Waals surface area contributed by atoms with Crippen LogP contribution in [0.3, 0.4) is 0 Å². The number of fused-ring (bicyclic) bond motifs is 1. The predicted octanol–water partition coefficient (Wildman–Crippen LogP) is 1.93. The third kappa shape index (κ3) is 2.72. The van der Waals surface area contributed by atoms with Crippen molar-refractivity contribution in [2.75, 3.05) is 6.54 Å². The van der Waals surface area contributed by atoms with Gasteiger partial charge in [0, 0.05) is 13.1 Å². The maximum atomic E-state index is 12.7. The fourth-order valence-corrected chi connectivity index (χ4v) is 4.01. The lowest BCUT2D eigenvalue weighted by atomic mass is 10.0. The molecule has 0 aliphatic carbocycles. The van der Waals surface area contributed by atoms with Gasteiger partial charge in [0.1, 0.15) is 0 Å². The maximum absolute atomic E-state index is 12.7. The van der Waals surface area contributed by atoms with Gasteiger partial charge in [-0.05, 0) is 35.2 Å². The van der Waals surface area contributed by atoms with Gasteiger partial charge in [0.15, 0.2) is 0 Å². The van der Waals surface area contributed by atoms with Crippen molar-refractivity contribution in [1.29, 1.82) is 0 Å². The zero-order valence-electron chi connectivity index (χ0n) is 11.6. The molecule has 5 heteroatoms. The summed E-state index contributed by atoms with van der Waals surface area (Å²) in [6, 6.07) is 14.3. The van der Waals surface area contributed by atoms with E-state index in [1.807, 2.05) is 18.2 Å². The Bertz CT molecular complexity index is 738. The monoisotopic (exact) mass is 303 g/mol. The minimum Gasteiger partial charge on any atom is -0.392 e. The summed E-state index contributed by atoms with van der Waals surface area (Å²) in [6.45, 7) is 0.832. The molecule has 4 nitrogen and oxygen atoms in total. The van der Waals surface area contributed by atoms with Gasteiger partial charge in [-0.3, -0.25) is 0 Å². The molecule has 0 spiro atoms. The second-order valence-electron chi connectivity index (χ2n) is 5.16. The summed E-state index contributed by atoms with van der Waals surface area (Å²) < 4.78 is 26.8. The number of nitrogens with zero attached hydrogens (tertiary/aromatic N) is 1. The Labute approximate surface area is 124 Å². The van der Waals surface area contributed by atoms with Crippen LogP contribution >= 0.6 is 0 Å². The molecule has 0 aromatic heterocycles. The summed E-state index contributed by atoms with van der Waals surface area (Å²) in [6.07, 6.45) is 0.740. The van der Waals surface area contributed by atoms with Crippen molar-refractivity contribution in [3.63, 3.8) is 0 Å². The smallest absolute Gasteiger partial charge is 0.243 e. The van der Waals surface area contributed by atoms with E-state index in [9.17, 15) is 8.42 Å². The molecule has 0 bridgehead atoms. The normalized spacial score (nSPS) is 15.7. The van der Waals surface area contributed by atoms with E-state index in [2.05, 4.69) is 6.07 Å². The van der Waals surface area contributed by atoms with Crippen LogP contribution in [0.15, 0.2) is 53.4 Å². The van der Waals surface area contributed by atoms with Gasteiger partial charge in [0.25, 0.3) is 0 Å². The molecule has 1 aliphatic heterocycles. The highest BCUT2D eigenvalue weighted by molar-refractivity contribution is 7.89. The number of hydrogen-bond acceptors (Lipinski definition) is 3. The van der Waals surface area contributed by atoms with Gasteiger partial charge in [-0.25, -0.2) is 8.42 Å². The Hall–Kier alpha value is -1.69. The molecular weight excluding hydrogens is 286 g/mol. The van der Waals surface area contributed by atoms with Crippen LogP contribution in [-0.2, 0) is 29.6 Å². The van der Waals surface area contributed by atoms with Gasteiger partial charge in [0.05, 0.1) is 11.5 Å². The fraction of sp³-hybridized carbons (Fsp3) is 0.250. The SMILES string of the molecule is O=S(=O)(c1ccc(CO)cc1)N1CCc2ccccc2C1. The van der Waals surface area contributed by atoms with Gasteiger partial charge < -0.3 is 5.11 Å². The zero-order valence-corrected chi connectivity index (χ0v) is 12.4. The molecule has 2 aromatic rings. The molecule has 3 rings (SSSR count). The number of rotatable bonds is 3. The van der Waals surface area contributed by atoms with E-state index in [-0.39, 0.29) is 11.5 Å². The molecule has 2 aromatic carbocycles. The lowest BCUT2D eigenvalue weighted by molar-refractivity contribution is 0.281. The van der Waals surface area contributed by atoms with E-state index in [1.54, 1.807) is 24.3 Å². The van der Waals surface area contributed by atoms with Crippen molar-refractivity contribution < 1.29 is 13.5 Å². The molecule has 110 valence electrons. The van der Waals surface area contributed by atoms with Crippen LogP contribution in [0.25, 0.3) is 0 Å². The van der Waals surface area contributed by atoms with Gasteiger partial charge in [-0.2, -0.15) is 4.31 Å². The molecule has 0 saturated carbocycles. The highest BCUT2D eigenvalue weighted by atomic mass is 32.2. The summed E-state index contributed by atoms with van der Waals surface area (Å²) in [5, 5.41) is 9.03. The summed E-state index contributed by atoms with van der Waals surface area (Å²) in [4.78, 5) is 0.277. The Morgan fingerprint density at radius 3 is 2.33 bits per heavy atom. The minimum atomic E-state index is -3.48. The first kappa shape index (κ1) is 14.3. The predicted molar refractivity (Wildman–Crippen MR) is 80.1 cm³/mol. The van der Waals surface area contributed by atoms with E-state index in [0.717, 1.165) is 12.0 Å². The molecule has 1 aliphatic rings. The van der Waals surface area contributed by atoms with Crippen LogP contribution in [0.1, 0.15) is 16.7 Å². The van der Waals surface area contributed by atoms with Crippen molar-refractivity contribution in [3.8, 4) is 0 Å². The van der Waals surface area contributed by atoms with Crippen molar-refractivity contribution in [3.05, 3.63) is 65.2 Å². The quantitative estimate of drug-likeness (QED) is 0.942. The minimum absolute atomic E-state index is 0.0859. The second-order valence-corrected chi connectivity index (χ2v) is 7.10. The molecule has 1 N–H and O–H groups in total. The molecule has 0 radical (unpaired) electrons. The van der Waals surface area contributed by atoms with Crippen molar-refractivity contribution in [2.45, 2.75) is 24.5 Å². The van der Waals surface area contributed by atoms with Crippen molar-refractivity contribution >= 4 is 10.0 Å². The standard InChI is InChI=1S/C16H17NO3S/c18-12-13-5-7-16(8-6-13)21(19,20)17-10-9-14-3-1-2-4-15(14)11-17/h1-8,18H,9-12H2. The molecule has 0 atom stereocenters. The largest absolute Gasteiger partial charge is 0.392 e. The van der Waals surface area contributed by atoms with Crippen molar-refractivity contribution in [1.82, 2.24) is 4.31 Å². The lowest BCUT2D eigenvalue weighted by Crippen LogP contribution is -2.35. The topological polar surface area (TPSA) is 57.6 Å². The van der Waals surface area contributed by atoms with Crippen LogP contribution in [0, 0.1) is 0 Å². The Balaban J connectivity index is 1.89. The van der Waals surface area contributed by atoms with E-state index in [4.69, 9.17) is 5.11 Å². The first-order valence-corrected chi connectivity index (χ1v) is 8.32. The van der Waals surface area contributed by atoms with Gasteiger partial charge in [-0.15, -0.1) is 0 Å². The zero-order chi connectivity index (χ0) is 14.9. The maximum Gasteiger partial charge on any atom is 0.243 e. The molecule has 1 heterocycles. The van der Waals surface area contributed by atoms with E-state index in [0.29, 0.717) is 18.7 Å². The van der Waals surface area contributed by atoms with Gasteiger partial charge in [0.2, 0.25) is 10.0 Å². The highest BCUT2D eigenvalue weighted by Crippen LogP contribution is 2.24. The Kier molecular flexibility index (Phi) is 3.80. The third-order valence-electron chi connectivity index (χ3n) is 3.84.